The molecule has 2 aliphatic heterocycles. The maximum absolute atomic E-state index is 16.5. The molecule has 0 saturated heterocycles. The number of carbonyl (C=O) groups is 4. The summed E-state index contributed by atoms with van der Waals surface area (Å²) >= 11 is 0. The van der Waals surface area contributed by atoms with E-state index < -0.39 is 35.4 Å². The number of hydrogen-bond donors (Lipinski definition) is 2. The number of nitrogens with zero attached hydrogens (tertiary/aromatic N) is 4. The smallest absolute Gasteiger partial charge is 0.412 e. The van der Waals surface area contributed by atoms with E-state index in [0.717, 1.165) is 4.90 Å². The van der Waals surface area contributed by atoms with E-state index >= 15 is 4.39 Å². The quantitative estimate of drug-likeness (QED) is 0.261. The molecule has 2 N–H and O–H groups in total. The van der Waals surface area contributed by atoms with Crippen molar-refractivity contribution in [3.05, 3.63) is 77.0 Å². The molecule has 2 aromatic carbocycles. The molecule has 0 spiro atoms. The number of pyridine rings is 2. The monoisotopic (exact) mass is 597 g/mol. The molecule has 4 amide bonds. The summed E-state index contributed by atoms with van der Waals surface area (Å²) in [5.74, 6) is -1.89. The molecule has 2 aromatic heterocycles. The fourth-order valence-corrected chi connectivity index (χ4v) is 5.67. The lowest BCUT2D eigenvalue weighted by molar-refractivity contribution is 0.0634. The largest absolute Gasteiger partial charge is 0.465 e. The van der Waals surface area contributed by atoms with Crippen LogP contribution in [-0.2, 0) is 11.2 Å². The van der Waals surface area contributed by atoms with Crippen molar-refractivity contribution in [2.24, 2.45) is 0 Å². The lowest BCUT2D eigenvalue weighted by atomic mass is 9.94. The molecule has 4 aromatic rings. The fraction of sp³-hybridized carbons (Fsp3) is 0.250. The van der Waals surface area contributed by atoms with Crippen molar-refractivity contribution >= 4 is 52.0 Å². The Morgan fingerprint density at radius 2 is 1.68 bits per heavy atom. The maximum atomic E-state index is 16.5. The number of fused-ring (bicyclic) bond motifs is 3. The van der Waals surface area contributed by atoms with Crippen LogP contribution in [0.5, 0.6) is 0 Å². The van der Waals surface area contributed by atoms with Gasteiger partial charge in [-0.3, -0.25) is 24.8 Å². The van der Waals surface area contributed by atoms with Gasteiger partial charge in [0.05, 0.1) is 28.2 Å². The van der Waals surface area contributed by atoms with Gasteiger partial charge < -0.3 is 9.84 Å². The first kappa shape index (κ1) is 28.7. The Hall–Kier alpha value is -5.39. The number of imide groups is 1. The summed E-state index contributed by atoms with van der Waals surface area (Å²) in [6.07, 6.45) is 1.88. The second-order valence-corrected chi connectivity index (χ2v) is 11.6. The molecular weight excluding hydrogens is 569 g/mol. The second kappa shape index (κ2) is 10.4. The van der Waals surface area contributed by atoms with Gasteiger partial charge in [-0.05, 0) is 75.8 Å². The van der Waals surface area contributed by atoms with Gasteiger partial charge in [-0.15, -0.1) is 0 Å². The zero-order valence-corrected chi connectivity index (χ0v) is 24.4. The van der Waals surface area contributed by atoms with Gasteiger partial charge in [-0.1, -0.05) is 12.1 Å². The van der Waals surface area contributed by atoms with Crippen molar-refractivity contribution in [2.45, 2.75) is 46.1 Å². The normalized spacial score (nSPS) is 14.5. The van der Waals surface area contributed by atoms with E-state index in [0.29, 0.717) is 40.7 Å². The van der Waals surface area contributed by atoms with Gasteiger partial charge in [-0.25, -0.2) is 23.9 Å². The molecule has 0 radical (unpaired) electrons. The predicted molar refractivity (Wildman–Crippen MR) is 161 cm³/mol. The van der Waals surface area contributed by atoms with E-state index in [1.54, 1.807) is 52.0 Å². The van der Waals surface area contributed by atoms with Gasteiger partial charge in [0.25, 0.3) is 11.8 Å². The number of halogens is 1. The van der Waals surface area contributed by atoms with Crippen LogP contribution in [0.1, 0.15) is 59.2 Å². The van der Waals surface area contributed by atoms with Crippen LogP contribution in [-0.4, -0.2) is 51.2 Å². The summed E-state index contributed by atoms with van der Waals surface area (Å²) in [7, 11) is 0. The summed E-state index contributed by atoms with van der Waals surface area (Å²) in [6, 6.07) is 9.39. The van der Waals surface area contributed by atoms with Crippen LogP contribution in [0.25, 0.3) is 21.9 Å². The van der Waals surface area contributed by atoms with Gasteiger partial charge in [0.1, 0.15) is 11.4 Å². The topological polar surface area (TPSA) is 142 Å². The number of hydrogen-bond acceptors (Lipinski definition) is 7. The number of carbonyl (C=O) groups excluding carboxylic acids is 3. The number of carboxylic acid groups (broad SMARTS) is 1. The van der Waals surface area contributed by atoms with E-state index in [4.69, 9.17) is 4.74 Å². The van der Waals surface area contributed by atoms with Crippen molar-refractivity contribution in [3.63, 3.8) is 0 Å². The molecule has 11 nitrogen and oxygen atoms in total. The minimum atomic E-state index is -1.14. The van der Waals surface area contributed by atoms with Crippen molar-refractivity contribution in [2.75, 3.05) is 21.7 Å². The number of anilines is 3. The summed E-state index contributed by atoms with van der Waals surface area (Å²) in [6.45, 7) is 6.98. The third-order valence-electron chi connectivity index (χ3n) is 7.56. The van der Waals surface area contributed by atoms with E-state index in [1.807, 2.05) is 0 Å². The number of nitrogens with one attached hydrogen (secondary N) is 1. The van der Waals surface area contributed by atoms with E-state index in [9.17, 15) is 24.3 Å². The van der Waals surface area contributed by atoms with Crippen molar-refractivity contribution < 1.29 is 33.4 Å². The van der Waals surface area contributed by atoms with Gasteiger partial charge in [0.2, 0.25) is 0 Å². The molecule has 44 heavy (non-hydrogen) atoms. The van der Waals surface area contributed by atoms with Crippen LogP contribution in [0.4, 0.5) is 31.2 Å². The predicted octanol–water partition coefficient (Wildman–Crippen LogP) is 6.32. The first-order valence-electron chi connectivity index (χ1n) is 13.9. The zero-order valence-electron chi connectivity index (χ0n) is 24.4. The van der Waals surface area contributed by atoms with Gasteiger partial charge >= 0.3 is 12.2 Å². The Morgan fingerprint density at radius 1 is 1.00 bits per heavy atom. The Balaban J connectivity index is 1.54. The number of ether oxygens (including phenoxy) is 1. The number of rotatable bonds is 3. The Morgan fingerprint density at radius 3 is 2.32 bits per heavy atom. The molecule has 6 rings (SSSR count). The maximum Gasteiger partial charge on any atom is 0.412 e. The highest BCUT2D eigenvalue weighted by Crippen LogP contribution is 2.41. The third kappa shape index (κ3) is 4.77. The molecule has 0 atom stereocenters. The van der Waals surface area contributed by atoms with Crippen LogP contribution >= 0.6 is 0 Å². The van der Waals surface area contributed by atoms with Crippen molar-refractivity contribution in [1.29, 1.82) is 0 Å². The van der Waals surface area contributed by atoms with E-state index in [2.05, 4.69) is 15.3 Å². The Bertz CT molecular complexity index is 1880. The molecule has 0 unspecified atom stereocenters. The van der Waals surface area contributed by atoms with Gasteiger partial charge in [-0.2, -0.15) is 0 Å². The molecule has 0 bridgehead atoms. The zero-order chi connectivity index (χ0) is 31.5. The molecule has 4 heterocycles. The van der Waals surface area contributed by atoms with Crippen LogP contribution in [0.2, 0.25) is 0 Å². The van der Waals surface area contributed by atoms with Gasteiger partial charge in [0.15, 0.2) is 5.82 Å². The van der Waals surface area contributed by atoms with E-state index in [1.165, 1.54) is 29.4 Å². The molecule has 12 heteroatoms. The lowest BCUT2D eigenvalue weighted by Crippen LogP contribution is -2.35. The first-order chi connectivity index (χ1) is 20.9. The van der Waals surface area contributed by atoms with Crippen LogP contribution < -0.4 is 15.1 Å². The second-order valence-electron chi connectivity index (χ2n) is 11.6. The highest BCUT2D eigenvalue weighted by Gasteiger charge is 2.37. The van der Waals surface area contributed by atoms with Crippen molar-refractivity contribution in [3.8, 4) is 11.1 Å². The fourth-order valence-electron chi connectivity index (χ4n) is 5.67. The van der Waals surface area contributed by atoms with Crippen molar-refractivity contribution in [1.82, 2.24) is 9.97 Å². The first-order valence-corrected chi connectivity index (χ1v) is 13.9. The minimum Gasteiger partial charge on any atom is -0.465 e. The third-order valence-corrected chi connectivity index (χ3v) is 7.56. The van der Waals surface area contributed by atoms with Crippen LogP contribution in [0.3, 0.4) is 0 Å². The molecule has 0 aliphatic carbocycles. The highest BCUT2D eigenvalue weighted by molar-refractivity contribution is 6.34. The average molecular weight is 598 g/mol. The van der Waals surface area contributed by atoms with Gasteiger partial charge in [0, 0.05) is 35.5 Å². The number of amides is 4. The minimum absolute atomic E-state index is 0.0156. The standard InChI is InChI=1S/C32H28FN5O6/c1-16-21(14-34-23-10-7-11-37(27(16)23)31(42)43)20-12-17-13-24(38-28(39)18-8-5-6-9-19(18)29(38)40)35-15-22(17)26(25(20)33)36-30(41)44-32(2,3)4/h5-6,8-9,12-15H,7,10-11H2,1-4H3,(H,36,41)(H,42,43). The molecule has 0 saturated carbocycles. The molecule has 0 fully saturated rings. The Kier molecular flexibility index (Phi) is 6.79. The molecule has 224 valence electrons. The summed E-state index contributed by atoms with van der Waals surface area (Å²) < 4.78 is 21.9. The SMILES string of the molecule is Cc1c(-c2cc3cc(N4C(=O)c5ccccc5C4=O)ncc3c(NC(=O)OC(C)(C)C)c2F)cnc2c1N(C(=O)O)CCC2. The van der Waals surface area contributed by atoms with Crippen LogP contribution in [0, 0.1) is 12.7 Å². The summed E-state index contributed by atoms with van der Waals surface area (Å²) in [5.41, 5.74) is 1.18. The summed E-state index contributed by atoms with van der Waals surface area (Å²) in [4.78, 5) is 62.1. The molecular formula is C32H28FN5O6. The Labute approximate surface area is 251 Å². The highest BCUT2D eigenvalue weighted by atomic mass is 19.1. The molecule has 2 aliphatic rings. The average Bonchev–Trinajstić information content (AvgIpc) is 3.22. The van der Waals surface area contributed by atoms with Crippen LogP contribution in [0.15, 0.2) is 48.8 Å². The van der Waals surface area contributed by atoms with E-state index in [-0.39, 0.29) is 40.1 Å². The number of aromatic nitrogens is 2. The summed E-state index contributed by atoms with van der Waals surface area (Å²) in [5, 5.41) is 12.9. The number of aryl methyl sites for hydroxylation is 1. The number of benzene rings is 2. The lowest BCUT2D eigenvalue weighted by Gasteiger charge is -2.29.